The van der Waals surface area contributed by atoms with Crippen LogP contribution in [0.2, 0.25) is 0 Å². The van der Waals surface area contributed by atoms with Crippen molar-refractivity contribution in [2.45, 2.75) is 51.6 Å². The molecular weight excluding hydrogens is 282 g/mol. The van der Waals surface area contributed by atoms with Gasteiger partial charge in [0.25, 0.3) is 0 Å². The second kappa shape index (κ2) is 6.03. The summed E-state index contributed by atoms with van der Waals surface area (Å²) in [5.41, 5.74) is 2.40. The molecule has 122 valence electrons. The van der Waals surface area contributed by atoms with Crippen LogP contribution in [0.1, 0.15) is 45.4 Å². The van der Waals surface area contributed by atoms with E-state index in [1.165, 1.54) is 12.7 Å². The molecule has 2 aliphatic heterocycles. The van der Waals surface area contributed by atoms with Crippen molar-refractivity contribution in [2.75, 3.05) is 13.7 Å². The van der Waals surface area contributed by atoms with Crippen LogP contribution < -0.4 is 0 Å². The number of aliphatic hydroxyl groups is 1. The molecule has 2 heterocycles. The molecule has 0 aromatic heterocycles. The second-order valence-corrected chi connectivity index (χ2v) is 6.67. The molecule has 3 rings (SSSR count). The van der Waals surface area contributed by atoms with Gasteiger partial charge in [0, 0.05) is 36.4 Å². The van der Waals surface area contributed by atoms with Crippen molar-refractivity contribution in [2.24, 2.45) is 17.8 Å². The fourth-order valence-electron chi connectivity index (χ4n) is 4.60. The van der Waals surface area contributed by atoms with Gasteiger partial charge in [-0.3, -0.25) is 9.59 Å². The zero-order chi connectivity index (χ0) is 15.9. The summed E-state index contributed by atoms with van der Waals surface area (Å²) in [6, 6.07) is 0. The average Bonchev–Trinajstić information content (AvgIpc) is 2.70. The Kier molecular flexibility index (Phi) is 4.26. The van der Waals surface area contributed by atoms with Crippen LogP contribution >= 0.6 is 0 Å². The maximum Gasteiger partial charge on any atom is 0.305 e. The highest BCUT2D eigenvalue weighted by Gasteiger charge is 2.50. The number of amides is 1. The van der Waals surface area contributed by atoms with Gasteiger partial charge < -0.3 is 14.7 Å². The van der Waals surface area contributed by atoms with E-state index in [0.29, 0.717) is 6.42 Å². The summed E-state index contributed by atoms with van der Waals surface area (Å²) >= 11 is 0. The normalized spacial score (nSPS) is 34.5. The summed E-state index contributed by atoms with van der Waals surface area (Å²) in [5, 5.41) is 10.8. The molecule has 0 spiro atoms. The van der Waals surface area contributed by atoms with Gasteiger partial charge in [0.2, 0.25) is 5.91 Å². The number of rotatable bonds is 3. The first-order valence-corrected chi connectivity index (χ1v) is 8.36. The molecule has 0 aromatic carbocycles. The lowest BCUT2D eigenvalue weighted by atomic mass is 9.68. The Morgan fingerprint density at radius 1 is 1.41 bits per heavy atom. The molecule has 1 fully saturated rings. The smallest absolute Gasteiger partial charge is 0.305 e. The maximum absolute atomic E-state index is 12.4. The van der Waals surface area contributed by atoms with Crippen molar-refractivity contribution in [1.82, 2.24) is 4.90 Å². The molecule has 0 saturated carbocycles. The minimum Gasteiger partial charge on any atom is -0.469 e. The lowest BCUT2D eigenvalue weighted by Gasteiger charge is -2.41. The van der Waals surface area contributed by atoms with Crippen LogP contribution in [0.4, 0.5) is 0 Å². The molecule has 1 saturated heterocycles. The number of allylic oxidation sites excluding steroid dienone is 1. The molecule has 1 unspecified atom stereocenters. The molecule has 4 atom stereocenters. The van der Waals surface area contributed by atoms with E-state index in [9.17, 15) is 14.7 Å². The molecule has 5 heteroatoms. The molecule has 1 N–H and O–H groups in total. The second-order valence-electron chi connectivity index (χ2n) is 6.67. The van der Waals surface area contributed by atoms with Crippen LogP contribution in [-0.4, -0.2) is 41.6 Å². The molecule has 22 heavy (non-hydrogen) atoms. The van der Waals surface area contributed by atoms with Gasteiger partial charge in [0.1, 0.15) is 0 Å². The number of carbonyl (C=O) groups is 2. The van der Waals surface area contributed by atoms with Crippen LogP contribution in [-0.2, 0) is 14.3 Å². The van der Waals surface area contributed by atoms with Gasteiger partial charge in [-0.2, -0.15) is 0 Å². The van der Waals surface area contributed by atoms with Crippen molar-refractivity contribution in [3.8, 4) is 0 Å². The van der Waals surface area contributed by atoms with Crippen LogP contribution in [0.5, 0.6) is 0 Å². The third-order valence-corrected chi connectivity index (χ3v) is 5.63. The number of carbonyl (C=O) groups excluding carboxylic acids is 2. The molecule has 0 bridgehead atoms. The van der Waals surface area contributed by atoms with E-state index in [-0.39, 0.29) is 36.1 Å². The van der Waals surface area contributed by atoms with Crippen LogP contribution in [0.25, 0.3) is 0 Å². The monoisotopic (exact) mass is 307 g/mol. The predicted octanol–water partition coefficient (Wildman–Crippen LogP) is 1.85. The van der Waals surface area contributed by atoms with Crippen molar-refractivity contribution in [1.29, 1.82) is 0 Å². The maximum atomic E-state index is 12.4. The average molecular weight is 307 g/mol. The molecule has 1 amide bonds. The summed E-state index contributed by atoms with van der Waals surface area (Å²) in [5.74, 6) is -0.311. The van der Waals surface area contributed by atoms with Gasteiger partial charge in [0.15, 0.2) is 0 Å². The first kappa shape index (κ1) is 15.5. The fourth-order valence-corrected chi connectivity index (χ4v) is 4.60. The number of methoxy groups -OCH3 is 1. The lowest BCUT2D eigenvalue weighted by Crippen LogP contribution is -2.42. The van der Waals surface area contributed by atoms with Gasteiger partial charge in [0.05, 0.1) is 19.6 Å². The number of nitrogens with zero attached hydrogens (tertiary/aromatic N) is 1. The summed E-state index contributed by atoms with van der Waals surface area (Å²) in [4.78, 5) is 26.1. The third kappa shape index (κ3) is 2.35. The number of hydrogen-bond donors (Lipinski definition) is 1. The van der Waals surface area contributed by atoms with Crippen LogP contribution in [0, 0.1) is 17.8 Å². The summed E-state index contributed by atoms with van der Waals surface area (Å²) < 4.78 is 4.80. The van der Waals surface area contributed by atoms with Crippen LogP contribution in [0.15, 0.2) is 11.3 Å². The molecule has 0 aromatic rings. The van der Waals surface area contributed by atoms with Gasteiger partial charge in [-0.15, -0.1) is 0 Å². The predicted molar refractivity (Wildman–Crippen MR) is 80.6 cm³/mol. The molecular formula is C17H25NO4. The lowest BCUT2D eigenvalue weighted by molar-refractivity contribution is -0.144. The van der Waals surface area contributed by atoms with Gasteiger partial charge in [-0.05, 0) is 31.3 Å². The van der Waals surface area contributed by atoms with Gasteiger partial charge in [-0.25, -0.2) is 0 Å². The molecule has 1 aliphatic carbocycles. The standard InChI is InChI=1S/C17H25NO4/c1-3-10-11-6-4-5-7-18-14(19)8-12(16(11)18)13(17(10)21)9-15(20)22-2/h10,12-13,17,21H,3-9H2,1-2H3/t10-,12?,13-,17-/m1/s1. The minimum absolute atomic E-state index is 0.0162. The topological polar surface area (TPSA) is 66.8 Å². The first-order valence-electron chi connectivity index (χ1n) is 8.36. The minimum atomic E-state index is -0.557. The zero-order valence-corrected chi connectivity index (χ0v) is 13.4. The number of ether oxygens (including phenoxy) is 1. The van der Waals surface area contributed by atoms with Crippen LogP contribution in [0.3, 0.4) is 0 Å². The zero-order valence-electron chi connectivity index (χ0n) is 13.4. The van der Waals surface area contributed by atoms with E-state index < -0.39 is 6.10 Å². The number of esters is 1. The Bertz CT molecular complexity index is 513. The Labute approximate surface area is 131 Å². The van der Waals surface area contributed by atoms with E-state index >= 15 is 0 Å². The summed E-state index contributed by atoms with van der Waals surface area (Å²) in [6.45, 7) is 2.86. The molecule has 0 radical (unpaired) electrons. The molecule has 5 nitrogen and oxygen atoms in total. The van der Waals surface area contributed by atoms with Crippen molar-refractivity contribution >= 4 is 11.9 Å². The van der Waals surface area contributed by atoms with Gasteiger partial charge >= 0.3 is 5.97 Å². The Hall–Kier alpha value is -1.36. The summed E-state index contributed by atoms with van der Waals surface area (Å²) in [6.07, 6.45) is 3.95. The highest BCUT2D eigenvalue weighted by atomic mass is 16.5. The number of hydrogen-bond acceptors (Lipinski definition) is 4. The van der Waals surface area contributed by atoms with E-state index in [1.54, 1.807) is 0 Å². The van der Waals surface area contributed by atoms with Crippen molar-refractivity contribution in [3.63, 3.8) is 0 Å². The van der Waals surface area contributed by atoms with E-state index in [1.807, 2.05) is 4.90 Å². The van der Waals surface area contributed by atoms with Crippen molar-refractivity contribution in [3.05, 3.63) is 11.3 Å². The van der Waals surface area contributed by atoms with Gasteiger partial charge in [-0.1, -0.05) is 6.92 Å². The van der Waals surface area contributed by atoms with E-state index in [2.05, 4.69) is 6.92 Å². The largest absolute Gasteiger partial charge is 0.469 e. The van der Waals surface area contributed by atoms with E-state index in [4.69, 9.17) is 4.74 Å². The highest BCUT2D eigenvalue weighted by Crippen LogP contribution is 2.50. The highest BCUT2D eigenvalue weighted by molar-refractivity contribution is 5.83. The molecule has 3 aliphatic rings. The Morgan fingerprint density at radius 3 is 2.86 bits per heavy atom. The Morgan fingerprint density at radius 2 is 2.18 bits per heavy atom. The fraction of sp³-hybridized carbons (Fsp3) is 0.765. The SMILES string of the molecule is CC[C@@H]1C2=C3C(CC(=O)N3CCCC2)[C@@H](CC(=O)OC)[C@@H]1O. The van der Waals surface area contributed by atoms with E-state index in [0.717, 1.165) is 37.9 Å². The number of aliphatic hydroxyl groups excluding tert-OH is 1. The van der Waals surface area contributed by atoms with Crippen molar-refractivity contribution < 1.29 is 19.4 Å². The third-order valence-electron chi connectivity index (χ3n) is 5.63. The first-order chi connectivity index (χ1) is 10.6. The quantitative estimate of drug-likeness (QED) is 0.808. The summed E-state index contributed by atoms with van der Waals surface area (Å²) in [7, 11) is 1.37. The Balaban J connectivity index is 2.02.